The SMILES string of the molecule is Cc1ccc(C)c(N=Cc2c(C)c(C#N)c(=O)n(CC3CCCO3)c2O)c1. The molecule has 0 amide bonds. The predicted molar refractivity (Wildman–Crippen MR) is 104 cm³/mol. The number of hydrogen-bond donors (Lipinski definition) is 1. The van der Waals surface area contributed by atoms with Gasteiger partial charge in [0.05, 0.1) is 23.9 Å². The Balaban J connectivity index is 2.08. The van der Waals surface area contributed by atoms with Gasteiger partial charge >= 0.3 is 0 Å². The van der Waals surface area contributed by atoms with Gasteiger partial charge in [-0.05, 0) is 56.4 Å². The molecule has 2 heterocycles. The van der Waals surface area contributed by atoms with Crippen molar-refractivity contribution in [3.05, 3.63) is 56.4 Å². The number of aryl methyl sites for hydroxylation is 2. The first-order chi connectivity index (χ1) is 12.9. The van der Waals surface area contributed by atoms with E-state index < -0.39 is 5.56 Å². The summed E-state index contributed by atoms with van der Waals surface area (Å²) in [5, 5.41) is 20.2. The average Bonchev–Trinajstić information content (AvgIpc) is 3.15. The number of aromatic nitrogens is 1. The number of nitriles is 1. The van der Waals surface area contributed by atoms with Crippen molar-refractivity contribution in [2.24, 2.45) is 4.99 Å². The van der Waals surface area contributed by atoms with E-state index >= 15 is 0 Å². The second kappa shape index (κ2) is 7.77. The Bertz CT molecular complexity index is 993. The van der Waals surface area contributed by atoms with Crippen LogP contribution in [0, 0.1) is 32.1 Å². The smallest absolute Gasteiger partial charge is 0.271 e. The Hall–Kier alpha value is -2.91. The molecule has 1 fully saturated rings. The summed E-state index contributed by atoms with van der Waals surface area (Å²) < 4.78 is 6.81. The van der Waals surface area contributed by atoms with Crippen LogP contribution in [0.25, 0.3) is 0 Å². The predicted octanol–water partition coefficient (Wildman–Crippen LogP) is 3.28. The highest BCUT2D eigenvalue weighted by Gasteiger charge is 2.22. The summed E-state index contributed by atoms with van der Waals surface area (Å²) in [5.41, 5.74) is 3.20. The molecule has 1 aromatic heterocycles. The molecule has 1 aliphatic rings. The van der Waals surface area contributed by atoms with Gasteiger partial charge in [0.15, 0.2) is 0 Å². The molecule has 1 N–H and O–H groups in total. The van der Waals surface area contributed by atoms with Gasteiger partial charge in [0.2, 0.25) is 5.88 Å². The highest BCUT2D eigenvalue weighted by molar-refractivity contribution is 5.87. The molecule has 1 atom stereocenters. The molecule has 27 heavy (non-hydrogen) atoms. The highest BCUT2D eigenvalue weighted by atomic mass is 16.5. The minimum atomic E-state index is -0.494. The number of rotatable bonds is 4. The third-order valence-electron chi connectivity index (χ3n) is 4.95. The van der Waals surface area contributed by atoms with Crippen LogP contribution >= 0.6 is 0 Å². The second-order valence-corrected chi connectivity index (χ2v) is 6.95. The zero-order valence-corrected chi connectivity index (χ0v) is 15.8. The van der Waals surface area contributed by atoms with Crippen LogP contribution in [-0.2, 0) is 11.3 Å². The van der Waals surface area contributed by atoms with Gasteiger partial charge in [-0.2, -0.15) is 5.26 Å². The molecule has 6 nitrogen and oxygen atoms in total. The van der Waals surface area contributed by atoms with Crippen LogP contribution in [0.2, 0.25) is 0 Å². The van der Waals surface area contributed by atoms with E-state index in [1.54, 1.807) is 6.92 Å². The summed E-state index contributed by atoms with van der Waals surface area (Å²) in [4.78, 5) is 17.1. The Morgan fingerprint density at radius 1 is 1.41 bits per heavy atom. The molecule has 3 rings (SSSR count). The number of benzene rings is 1. The molecule has 0 saturated carbocycles. The van der Waals surface area contributed by atoms with E-state index in [4.69, 9.17) is 4.74 Å². The van der Waals surface area contributed by atoms with E-state index in [0.29, 0.717) is 17.7 Å². The van der Waals surface area contributed by atoms with E-state index in [2.05, 4.69) is 4.99 Å². The minimum absolute atomic E-state index is 0.0215. The van der Waals surface area contributed by atoms with E-state index in [1.165, 1.54) is 10.8 Å². The molecular weight excluding hydrogens is 342 g/mol. The summed E-state index contributed by atoms with van der Waals surface area (Å²) in [6.07, 6.45) is 3.15. The third-order valence-corrected chi connectivity index (χ3v) is 4.95. The fourth-order valence-electron chi connectivity index (χ4n) is 3.28. The molecule has 6 heteroatoms. The van der Waals surface area contributed by atoms with Crippen molar-refractivity contribution in [1.29, 1.82) is 5.26 Å². The third kappa shape index (κ3) is 3.79. The number of pyridine rings is 1. The van der Waals surface area contributed by atoms with Crippen LogP contribution in [0.1, 0.15) is 40.7 Å². The van der Waals surface area contributed by atoms with Gasteiger partial charge in [-0.15, -0.1) is 0 Å². The summed E-state index contributed by atoms with van der Waals surface area (Å²) >= 11 is 0. The Kier molecular flexibility index (Phi) is 5.43. The first-order valence-corrected chi connectivity index (χ1v) is 9.01. The number of nitrogens with zero attached hydrogens (tertiary/aromatic N) is 3. The lowest BCUT2D eigenvalue weighted by molar-refractivity contribution is 0.0938. The number of ether oxygens (including phenoxy) is 1. The van der Waals surface area contributed by atoms with E-state index in [-0.39, 0.29) is 24.1 Å². The van der Waals surface area contributed by atoms with Crippen molar-refractivity contribution in [3.63, 3.8) is 0 Å². The average molecular weight is 365 g/mol. The summed E-state index contributed by atoms with van der Waals surface area (Å²) in [6, 6.07) is 7.90. The summed E-state index contributed by atoms with van der Waals surface area (Å²) in [5.74, 6) is -0.180. The van der Waals surface area contributed by atoms with Gasteiger partial charge in [-0.3, -0.25) is 14.4 Å². The maximum atomic E-state index is 12.6. The van der Waals surface area contributed by atoms with Gasteiger partial charge in [0.25, 0.3) is 5.56 Å². The molecule has 0 spiro atoms. The lowest BCUT2D eigenvalue weighted by Crippen LogP contribution is -2.29. The van der Waals surface area contributed by atoms with Gasteiger partial charge in [-0.25, -0.2) is 0 Å². The van der Waals surface area contributed by atoms with Crippen molar-refractivity contribution in [1.82, 2.24) is 4.57 Å². The molecule has 0 radical (unpaired) electrons. The summed E-state index contributed by atoms with van der Waals surface area (Å²) in [6.45, 7) is 6.47. The molecular formula is C21H23N3O3. The molecule has 1 aliphatic heterocycles. The molecule has 1 unspecified atom stereocenters. The lowest BCUT2D eigenvalue weighted by Gasteiger charge is -2.17. The Labute approximate surface area is 158 Å². The molecule has 140 valence electrons. The molecule has 2 aromatic rings. The summed E-state index contributed by atoms with van der Waals surface area (Å²) in [7, 11) is 0. The fraction of sp³-hybridized carbons (Fsp3) is 0.381. The maximum absolute atomic E-state index is 12.6. The molecule has 0 bridgehead atoms. The molecule has 1 aromatic carbocycles. The number of aromatic hydroxyl groups is 1. The highest BCUT2D eigenvalue weighted by Crippen LogP contribution is 2.25. The van der Waals surface area contributed by atoms with Crippen LogP contribution in [0.3, 0.4) is 0 Å². The zero-order chi connectivity index (χ0) is 19.6. The van der Waals surface area contributed by atoms with Crippen LogP contribution in [0.5, 0.6) is 5.88 Å². The van der Waals surface area contributed by atoms with Gasteiger partial charge in [-0.1, -0.05) is 12.1 Å². The second-order valence-electron chi connectivity index (χ2n) is 6.95. The van der Waals surface area contributed by atoms with Gasteiger partial charge in [0, 0.05) is 12.8 Å². The molecule has 0 aliphatic carbocycles. The molecule has 1 saturated heterocycles. The fourth-order valence-corrected chi connectivity index (χ4v) is 3.28. The maximum Gasteiger partial charge on any atom is 0.271 e. The quantitative estimate of drug-likeness (QED) is 0.842. The van der Waals surface area contributed by atoms with Crippen molar-refractivity contribution in [2.45, 2.75) is 46.3 Å². The van der Waals surface area contributed by atoms with Crippen molar-refractivity contribution in [3.8, 4) is 11.9 Å². The largest absolute Gasteiger partial charge is 0.494 e. The van der Waals surface area contributed by atoms with Crippen LogP contribution < -0.4 is 5.56 Å². The zero-order valence-electron chi connectivity index (χ0n) is 15.8. The normalized spacial score (nSPS) is 16.7. The minimum Gasteiger partial charge on any atom is -0.494 e. The van der Waals surface area contributed by atoms with Crippen molar-refractivity contribution < 1.29 is 9.84 Å². The lowest BCUT2D eigenvalue weighted by atomic mass is 10.1. The van der Waals surface area contributed by atoms with E-state index in [1.807, 2.05) is 38.1 Å². The van der Waals surface area contributed by atoms with Crippen LogP contribution in [-0.4, -0.2) is 28.6 Å². The first kappa shape index (κ1) is 18.9. The van der Waals surface area contributed by atoms with Crippen LogP contribution in [0.15, 0.2) is 28.0 Å². The topological polar surface area (TPSA) is 87.6 Å². The Morgan fingerprint density at radius 2 is 2.19 bits per heavy atom. The Morgan fingerprint density at radius 3 is 2.85 bits per heavy atom. The van der Waals surface area contributed by atoms with Crippen LogP contribution in [0.4, 0.5) is 5.69 Å². The van der Waals surface area contributed by atoms with Crippen molar-refractivity contribution in [2.75, 3.05) is 6.61 Å². The number of hydrogen-bond acceptors (Lipinski definition) is 5. The van der Waals surface area contributed by atoms with Gasteiger partial charge in [0.1, 0.15) is 11.6 Å². The van der Waals surface area contributed by atoms with Crippen molar-refractivity contribution >= 4 is 11.9 Å². The first-order valence-electron chi connectivity index (χ1n) is 9.01. The van der Waals surface area contributed by atoms with E-state index in [0.717, 1.165) is 29.7 Å². The van der Waals surface area contributed by atoms with Gasteiger partial charge < -0.3 is 9.84 Å². The van der Waals surface area contributed by atoms with E-state index in [9.17, 15) is 15.2 Å². The number of aliphatic imine (C=N–C) groups is 1. The monoisotopic (exact) mass is 365 g/mol. The standard InChI is InChI=1S/C21H23N3O3/c1-13-6-7-14(2)19(9-13)23-11-18-15(3)17(10-22)20(25)24(21(18)26)12-16-5-4-8-27-16/h6-7,9,11,16,26H,4-5,8,12H2,1-3H3.